The summed E-state index contributed by atoms with van der Waals surface area (Å²) in [5, 5.41) is 0. The van der Waals surface area contributed by atoms with Gasteiger partial charge in [0.15, 0.2) is 0 Å². The molecule has 0 spiro atoms. The molecule has 1 atom stereocenters. The van der Waals surface area contributed by atoms with Crippen molar-refractivity contribution in [2.45, 2.75) is 39.2 Å². The summed E-state index contributed by atoms with van der Waals surface area (Å²) in [5.74, 6) is 0.735. The van der Waals surface area contributed by atoms with Gasteiger partial charge in [-0.3, -0.25) is 0 Å². The molecule has 1 unspecified atom stereocenters. The molecule has 0 amide bonds. The van der Waals surface area contributed by atoms with Gasteiger partial charge in [0.2, 0.25) is 0 Å². The third-order valence-electron chi connectivity index (χ3n) is 2.38. The standard InChI is InChI=1S/C11H17Cl2NS/c1-7(2)4-3-5-9(14)8-6-10(12)15-11(8)13/h6-7,9H,3-5,14H2,1-2H3. The van der Waals surface area contributed by atoms with Crippen molar-refractivity contribution in [2.24, 2.45) is 11.7 Å². The van der Waals surface area contributed by atoms with E-state index < -0.39 is 0 Å². The van der Waals surface area contributed by atoms with Crippen LogP contribution in [0.3, 0.4) is 0 Å². The molecular weight excluding hydrogens is 249 g/mol. The lowest BCUT2D eigenvalue weighted by Gasteiger charge is -2.11. The fourth-order valence-corrected chi connectivity index (χ4v) is 3.10. The van der Waals surface area contributed by atoms with Gasteiger partial charge in [0.25, 0.3) is 0 Å². The van der Waals surface area contributed by atoms with Gasteiger partial charge in [-0.15, -0.1) is 11.3 Å². The molecule has 0 aliphatic carbocycles. The van der Waals surface area contributed by atoms with Crippen molar-refractivity contribution in [3.8, 4) is 0 Å². The number of rotatable bonds is 5. The third kappa shape index (κ3) is 4.31. The first-order valence-electron chi connectivity index (χ1n) is 5.21. The van der Waals surface area contributed by atoms with E-state index in [0.29, 0.717) is 4.34 Å². The van der Waals surface area contributed by atoms with Crippen LogP contribution in [0.15, 0.2) is 6.07 Å². The number of halogens is 2. The van der Waals surface area contributed by atoms with E-state index in [0.717, 1.165) is 28.7 Å². The lowest BCUT2D eigenvalue weighted by molar-refractivity contribution is 0.506. The highest BCUT2D eigenvalue weighted by atomic mass is 35.5. The average Bonchev–Trinajstić information content (AvgIpc) is 2.44. The highest BCUT2D eigenvalue weighted by Gasteiger charge is 2.13. The summed E-state index contributed by atoms with van der Waals surface area (Å²) in [5.41, 5.74) is 7.05. The Labute approximate surface area is 106 Å². The number of hydrogen-bond acceptors (Lipinski definition) is 2. The second kappa shape index (κ2) is 6.09. The van der Waals surface area contributed by atoms with Crippen LogP contribution in [0.1, 0.15) is 44.7 Å². The van der Waals surface area contributed by atoms with Crippen LogP contribution in [0, 0.1) is 5.92 Å². The largest absolute Gasteiger partial charge is 0.324 e. The summed E-state index contributed by atoms with van der Waals surface area (Å²) in [7, 11) is 0. The molecule has 0 fully saturated rings. The van der Waals surface area contributed by atoms with Crippen LogP contribution in [-0.4, -0.2) is 0 Å². The van der Waals surface area contributed by atoms with E-state index in [9.17, 15) is 0 Å². The van der Waals surface area contributed by atoms with Crippen molar-refractivity contribution in [3.63, 3.8) is 0 Å². The van der Waals surface area contributed by atoms with E-state index in [1.165, 1.54) is 17.8 Å². The molecule has 1 rings (SSSR count). The molecule has 0 bridgehead atoms. The predicted molar refractivity (Wildman–Crippen MR) is 70.0 cm³/mol. The van der Waals surface area contributed by atoms with Crippen molar-refractivity contribution in [1.82, 2.24) is 0 Å². The minimum atomic E-state index is 0.0278. The monoisotopic (exact) mass is 265 g/mol. The van der Waals surface area contributed by atoms with Crippen LogP contribution < -0.4 is 5.73 Å². The maximum absolute atomic E-state index is 6.06. The normalized spacial score (nSPS) is 13.5. The van der Waals surface area contributed by atoms with Crippen LogP contribution in [-0.2, 0) is 0 Å². The van der Waals surface area contributed by atoms with E-state index >= 15 is 0 Å². The lowest BCUT2D eigenvalue weighted by atomic mass is 10.0. The second-order valence-electron chi connectivity index (χ2n) is 4.21. The molecule has 1 heterocycles. The molecule has 1 aromatic rings. The summed E-state index contributed by atoms with van der Waals surface area (Å²) in [6.07, 6.45) is 3.33. The summed E-state index contributed by atoms with van der Waals surface area (Å²) >= 11 is 13.3. The van der Waals surface area contributed by atoms with Gasteiger partial charge in [0.1, 0.15) is 0 Å². The van der Waals surface area contributed by atoms with Crippen LogP contribution in [0.5, 0.6) is 0 Å². The van der Waals surface area contributed by atoms with E-state index in [-0.39, 0.29) is 6.04 Å². The predicted octanol–water partition coefficient (Wildman–Crippen LogP) is 4.88. The van der Waals surface area contributed by atoms with E-state index in [1.807, 2.05) is 6.07 Å². The van der Waals surface area contributed by atoms with Crippen molar-refractivity contribution < 1.29 is 0 Å². The zero-order valence-electron chi connectivity index (χ0n) is 9.09. The van der Waals surface area contributed by atoms with Gasteiger partial charge in [0.05, 0.1) is 8.67 Å². The molecule has 4 heteroatoms. The van der Waals surface area contributed by atoms with E-state index in [1.54, 1.807) is 0 Å². The SMILES string of the molecule is CC(C)CCCC(N)c1cc(Cl)sc1Cl. The van der Waals surface area contributed by atoms with Crippen molar-refractivity contribution in [2.75, 3.05) is 0 Å². The lowest BCUT2D eigenvalue weighted by Crippen LogP contribution is -2.09. The van der Waals surface area contributed by atoms with Gasteiger partial charge < -0.3 is 5.73 Å². The van der Waals surface area contributed by atoms with Crippen molar-refractivity contribution in [3.05, 3.63) is 20.3 Å². The Kier molecular flexibility index (Phi) is 5.41. The first kappa shape index (κ1) is 13.3. The van der Waals surface area contributed by atoms with Gasteiger partial charge in [-0.05, 0) is 24.0 Å². The minimum absolute atomic E-state index is 0.0278. The molecule has 86 valence electrons. The molecule has 1 aromatic heterocycles. The third-order valence-corrected chi connectivity index (χ3v) is 3.90. The molecule has 15 heavy (non-hydrogen) atoms. The Morgan fingerprint density at radius 3 is 2.47 bits per heavy atom. The van der Waals surface area contributed by atoms with Gasteiger partial charge in [-0.2, -0.15) is 0 Å². The first-order chi connectivity index (χ1) is 7.00. The second-order valence-corrected chi connectivity index (χ2v) is 6.50. The summed E-state index contributed by atoms with van der Waals surface area (Å²) in [6, 6.07) is 1.91. The summed E-state index contributed by atoms with van der Waals surface area (Å²) in [4.78, 5) is 0. The van der Waals surface area contributed by atoms with E-state index in [2.05, 4.69) is 13.8 Å². The molecule has 0 saturated heterocycles. The van der Waals surface area contributed by atoms with Crippen LogP contribution >= 0.6 is 34.5 Å². The molecular formula is C11H17Cl2NS. The summed E-state index contributed by atoms with van der Waals surface area (Å²) in [6.45, 7) is 4.44. The average molecular weight is 266 g/mol. The molecule has 0 radical (unpaired) electrons. The minimum Gasteiger partial charge on any atom is -0.324 e. The number of hydrogen-bond donors (Lipinski definition) is 1. The van der Waals surface area contributed by atoms with Crippen LogP contribution in [0.2, 0.25) is 8.67 Å². The molecule has 0 aliphatic heterocycles. The quantitative estimate of drug-likeness (QED) is 0.807. The zero-order valence-corrected chi connectivity index (χ0v) is 11.4. The molecule has 2 N–H and O–H groups in total. The Balaban J connectivity index is 2.46. The molecule has 1 nitrogen and oxygen atoms in total. The van der Waals surface area contributed by atoms with E-state index in [4.69, 9.17) is 28.9 Å². The maximum atomic E-state index is 6.06. The smallest absolute Gasteiger partial charge is 0.0991 e. The van der Waals surface area contributed by atoms with Crippen LogP contribution in [0.4, 0.5) is 0 Å². The van der Waals surface area contributed by atoms with Gasteiger partial charge in [-0.1, -0.05) is 49.9 Å². The Hall–Kier alpha value is 0.240. The van der Waals surface area contributed by atoms with Crippen LogP contribution in [0.25, 0.3) is 0 Å². The number of nitrogens with two attached hydrogens (primary N) is 1. The van der Waals surface area contributed by atoms with Crippen molar-refractivity contribution in [1.29, 1.82) is 0 Å². The summed E-state index contributed by atoms with van der Waals surface area (Å²) < 4.78 is 1.45. The topological polar surface area (TPSA) is 26.0 Å². The molecule has 0 aliphatic rings. The molecule has 0 saturated carbocycles. The fourth-order valence-electron chi connectivity index (χ4n) is 1.51. The fraction of sp³-hybridized carbons (Fsp3) is 0.636. The maximum Gasteiger partial charge on any atom is 0.0991 e. The zero-order chi connectivity index (χ0) is 11.4. The Morgan fingerprint density at radius 2 is 2.00 bits per heavy atom. The van der Waals surface area contributed by atoms with Crippen molar-refractivity contribution >= 4 is 34.5 Å². The number of thiophene rings is 1. The Morgan fingerprint density at radius 1 is 1.33 bits per heavy atom. The highest BCUT2D eigenvalue weighted by molar-refractivity contribution is 7.20. The highest BCUT2D eigenvalue weighted by Crippen LogP contribution is 2.35. The first-order valence-corrected chi connectivity index (χ1v) is 6.78. The van der Waals surface area contributed by atoms with Gasteiger partial charge in [0, 0.05) is 6.04 Å². The van der Waals surface area contributed by atoms with Gasteiger partial charge in [-0.25, -0.2) is 0 Å². The van der Waals surface area contributed by atoms with Gasteiger partial charge >= 0.3 is 0 Å². The Bertz CT molecular complexity index is 310. The molecule has 0 aromatic carbocycles.